The number of rotatable bonds is 4. The zero-order chi connectivity index (χ0) is 18.7. The summed E-state index contributed by atoms with van der Waals surface area (Å²) in [5, 5.41) is 13.2. The number of nitrogens with one attached hydrogen (secondary N) is 1. The van der Waals surface area contributed by atoms with Crippen LogP contribution in [-0.2, 0) is 4.79 Å². The summed E-state index contributed by atoms with van der Waals surface area (Å²) in [6, 6.07) is 13.2. The number of ketones is 1. The first-order valence-corrected chi connectivity index (χ1v) is 7.80. The lowest BCUT2D eigenvalue weighted by Gasteiger charge is -2.03. The molecule has 1 amide bonds. The van der Waals surface area contributed by atoms with Crippen LogP contribution in [0.5, 0.6) is 5.75 Å². The Balaban J connectivity index is 1.88. The Labute approximate surface area is 148 Å². The van der Waals surface area contributed by atoms with Gasteiger partial charge in [-0.1, -0.05) is 30.3 Å². The Hall–Kier alpha value is -3.67. The van der Waals surface area contributed by atoms with Crippen LogP contribution in [0.3, 0.4) is 0 Å². The smallest absolute Gasteiger partial charge is 0.351 e. The highest BCUT2D eigenvalue weighted by Crippen LogP contribution is 2.26. The number of carbonyl (C=O) groups is 2. The molecule has 6 heteroatoms. The SMILES string of the molecule is CC(=O)Nc1ccc(/C=C/C(=O)c2c(O)c3ccccc3oc2=O)cc1. The molecule has 1 heterocycles. The summed E-state index contributed by atoms with van der Waals surface area (Å²) >= 11 is 0. The number of hydrogen-bond acceptors (Lipinski definition) is 5. The summed E-state index contributed by atoms with van der Waals surface area (Å²) in [5.41, 5.74) is 0.238. The van der Waals surface area contributed by atoms with Crippen molar-refractivity contribution in [3.8, 4) is 5.75 Å². The van der Waals surface area contributed by atoms with Crippen molar-refractivity contribution in [1.29, 1.82) is 0 Å². The van der Waals surface area contributed by atoms with E-state index in [1.165, 1.54) is 25.1 Å². The Kier molecular flexibility index (Phi) is 4.66. The number of aromatic hydroxyl groups is 1. The van der Waals surface area contributed by atoms with Crippen molar-refractivity contribution in [3.05, 3.63) is 76.2 Å². The topological polar surface area (TPSA) is 96.6 Å². The van der Waals surface area contributed by atoms with Crippen molar-refractivity contribution in [1.82, 2.24) is 0 Å². The second-order valence-electron chi connectivity index (χ2n) is 5.61. The minimum Gasteiger partial charge on any atom is -0.506 e. The third-order valence-corrected chi connectivity index (χ3v) is 3.69. The van der Waals surface area contributed by atoms with Gasteiger partial charge < -0.3 is 14.8 Å². The molecule has 0 radical (unpaired) electrons. The monoisotopic (exact) mass is 349 g/mol. The lowest BCUT2D eigenvalue weighted by molar-refractivity contribution is -0.114. The van der Waals surface area contributed by atoms with Gasteiger partial charge in [-0.3, -0.25) is 9.59 Å². The first-order valence-electron chi connectivity index (χ1n) is 7.80. The van der Waals surface area contributed by atoms with Crippen molar-refractivity contribution in [3.63, 3.8) is 0 Å². The lowest BCUT2D eigenvalue weighted by atomic mass is 10.1. The summed E-state index contributed by atoms with van der Waals surface area (Å²) in [7, 11) is 0. The molecule has 3 aromatic rings. The third-order valence-electron chi connectivity index (χ3n) is 3.69. The summed E-state index contributed by atoms with van der Waals surface area (Å²) < 4.78 is 5.09. The zero-order valence-electron chi connectivity index (χ0n) is 13.9. The third kappa shape index (κ3) is 3.54. The molecule has 0 aliphatic rings. The summed E-state index contributed by atoms with van der Waals surface area (Å²) in [6.45, 7) is 1.41. The highest BCUT2D eigenvalue weighted by Gasteiger charge is 2.18. The molecule has 3 rings (SSSR count). The molecule has 26 heavy (non-hydrogen) atoms. The highest BCUT2D eigenvalue weighted by molar-refractivity contribution is 6.10. The number of hydrogen-bond donors (Lipinski definition) is 2. The Morgan fingerprint density at radius 1 is 1.08 bits per heavy atom. The number of carbonyl (C=O) groups excluding carboxylic acids is 2. The number of amides is 1. The van der Waals surface area contributed by atoms with E-state index in [1.54, 1.807) is 42.5 Å². The fourth-order valence-corrected chi connectivity index (χ4v) is 2.49. The van der Waals surface area contributed by atoms with Crippen LogP contribution in [0.25, 0.3) is 17.0 Å². The Bertz CT molecular complexity index is 1080. The van der Waals surface area contributed by atoms with Gasteiger partial charge >= 0.3 is 5.63 Å². The minimum absolute atomic E-state index is 0.179. The van der Waals surface area contributed by atoms with Gasteiger partial charge in [0.1, 0.15) is 16.9 Å². The van der Waals surface area contributed by atoms with E-state index < -0.39 is 22.7 Å². The number of fused-ring (bicyclic) bond motifs is 1. The molecule has 0 atom stereocenters. The van der Waals surface area contributed by atoms with Crippen LogP contribution in [0, 0.1) is 0 Å². The molecule has 6 nitrogen and oxygen atoms in total. The molecular formula is C20H15NO5. The predicted octanol–water partition coefficient (Wildman–Crippen LogP) is 3.35. The average Bonchev–Trinajstić information content (AvgIpc) is 2.60. The lowest BCUT2D eigenvalue weighted by Crippen LogP contribution is -2.12. The maximum atomic E-state index is 12.4. The van der Waals surface area contributed by atoms with Gasteiger partial charge in [0.2, 0.25) is 5.91 Å². The number of anilines is 1. The molecule has 2 N–H and O–H groups in total. The van der Waals surface area contributed by atoms with Gasteiger partial charge in [0.05, 0.1) is 5.39 Å². The molecule has 0 saturated carbocycles. The zero-order valence-corrected chi connectivity index (χ0v) is 13.9. The first-order chi connectivity index (χ1) is 12.5. The van der Waals surface area contributed by atoms with Gasteiger partial charge in [0.15, 0.2) is 5.78 Å². The second-order valence-corrected chi connectivity index (χ2v) is 5.61. The molecule has 0 aliphatic carbocycles. The maximum absolute atomic E-state index is 12.4. The van der Waals surface area contributed by atoms with Crippen LogP contribution >= 0.6 is 0 Å². The number of para-hydroxylation sites is 1. The summed E-state index contributed by atoms with van der Waals surface area (Å²) in [6.07, 6.45) is 2.70. The van der Waals surface area contributed by atoms with Crippen molar-refractivity contribution in [2.45, 2.75) is 6.92 Å². The molecule has 0 aliphatic heterocycles. The van der Waals surface area contributed by atoms with Gasteiger partial charge in [0, 0.05) is 12.6 Å². The van der Waals surface area contributed by atoms with E-state index in [0.717, 1.165) is 0 Å². The van der Waals surface area contributed by atoms with Gasteiger partial charge in [0.25, 0.3) is 0 Å². The fraction of sp³-hybridized carbons (Fsp3) is 0.0500. The molecule has 0 bridgehead atoms. The van der Waals surface area contributed by atoms with Gasteiger partial charge in [-0.25, -0.2) is 4.79 Å². The van der Waals surface area contributed by atoms with Crippen LogP contribution in [0.4, 0.5) is 5.69 Å². The number of allylic oxidation sites excluding steroid dienone is 1. The Morgan fingerprint density at radius 3 is 2.46 bits per heavy atom. The molecule has 0 unspecified atom stereocenters. The standard InChI is InChI=1S/C20H15NO5/c1-12(22)21-14-9-6-13(7-10-14)8-11-16(23)18-19(24)15-4-2-3-5-17(15)26-20(18)25/h2-11,24H,1H3,(H,21,22)/b11-8+. The second kappa shape index (κ2) is 7.06. The minimum atomic E-state index is -0.892. The summed E-state index contributed by atoms with van der Waals surface area (Å²) in [5.74, 6) is -1.23. The van der Waals surface area contributed by atoms with E-state index in [1.807, 2.05) is 0 Å². The van der Waals surface area contributed by atoms with Gasteiger partial charge in [-0.15, -0.1) is 0 Å². The van der Waals surface area contributed by atoms with Crippen LogP contribution in [0.2, 0.25) is 0 Å². The van der Waals surface area contributed by atoms with E-state index in [9.17, 15) is 19.5 Å². The fourth-order valence-electron chi connectivity index (χ4n) is 2.49. The summed E-state index contributed by atoms with van der Waals surface area (Å²) in [4.78, 5) is 35.4. The van der Waals surface area contributed by atoms with Crippen molar-refractivity contribution in [2.24, 2.45) is 0 Å². The average molecular weight is 349 g/mol. The number of benzene rings is 2. The van der Waals surface area contributed by atoms with E-state index in [2.05, 4.69) is 5.32 Å². The highest BCUT2D eigenvalue weighted by atomic mass is 16.4. The van der Waals surface area contributed by atoms with Gasteiger partial charge in [-0.2, -0.15) is 0 Å². The predicted molar refractivity (Wildman–Crippen MR) is 98.3 cm³/mol. The van der Waals surface area contributed by atoms with Crippen molar-refractivity contribution < 1.29 is 19.1 Å². The van der Waals surface area contributed by atoms with Crippen molar-refractivity contribution in [2.75, 3.05) is 5.32 Å². The van der Waals surface area contributed by atoms with E-state index >= 15 is 0 Å². The molecule has 0 fully saturated rings. The van der Waals surface area contributed by atoms with E-state index in [-0.39, 0.29) is 11.5 Å². The van der Waals surface area contributed by atoms with E-state index in [4.69, 9.17) is 4.42 Å². The quantitative estimate of drug-likeness (QED) is 0.428. The van der Waals surface area contributed by atoms with Gasteiger partial charge in [-0.05, 0) is 35.9 Å². The molecule has 0 spiro atoms. The molecule has 1 aromatic heterocycles. The van der Waals surface area contributed by atoms with E-state index in [0.29, 0.717) is 16.6 Å². The molecule has 2 aromatic carbocycles. The Morgan fingerprint density at radius 2 is 1.77 bits per heavy atom. The molecular weight excluding hydrogens is 334 g/mol. The maximum Gasteiger partial charge on any atom is 0.351 e. The van der Waals surface area contributed by atoms with Crippen LogP contribution < -0.4 is 10.9 Å². The molecule has 130 valence electrons. The normalized spacial score (nSPS) is 11.0. The largest absolute Gasteiger partial charge is 0.506 e. The van der Waals surface area contributed by atoms with Crippen molar-refractivity contribution >= 4 is 34.4 Å². The van der Waals surface area contributed by atoms with Crippen LogP contribution in [-0.4, -0.2) is 16.8 Å². The van der Waals surface area contributed by atoms with Crippen LogP contribution in [0.15, 0.2) is 63.8 Å². The van der Waals surface area contributed by atoms with Crippen LogP contribution in [0.1, 0.15) is 22.8 Å². The first kappa shape index (κ1) is 17.2. The molecule has 0 saturated heterocycles.